The van der Waals surface area contributed by atoms with Crippen molar-refractivity contribution in [1.82, 2.24) is 10.2 Å². The van der Waals surface area contributed by atoms with Crippen molar-refractivity contribution < 1.29 is 5.11 Å². The van der Waals surface area contributed by atoms with Gasteiger partial charge in [-0.1, -0.05) is 6.07 Å². The summed E-state index contributed by atoms with van der Waals surface area (Å²) in [4.78, 5) is 5.01. The number of phenols is 1. The van der Waals surface area contributed by atoms with E-state index < -0.39 is 0 Å². The fraction of sp³-hybridized carbons (Fsp3) is 0.625. The van der Waals surface area contributed by atoms with E-state index in [0.717, 1.165) is 49.6 Å². The third kappa shape index (κ3) is 2.27. The van der Waals surface area contributed by atoms with Gasteiger partial charge < -0.3 is 15.3 Å². The minimum absolute atomic E-state index is 0.364. The molecule has 20 heavy (non-hydrogen) atoms. The summed E-state index contributed by atoms with van der Waals surface area (Å²) in [5.74, 6) is 3.27. The predicted octanol–water partition coefficient (Wildman–Crippen LogP) is 0.980. The molecular weight excluding hydrogens is 250 g/mol. The van der Waals surface area contributed by atoms with Crippen molar-refractivity contribution in [1.29, 1.82) is 0 Å². The Labute approximate surface area is 120 Å². The zero-order chi connectivity index (χ0) is 13.5. The molecule has 2 heterocycles. The van der Waals surface area contributed by atoms with Crippen molar-refractivity contribution in [3.05, 3.63) is 24.3 Å². The number of piperidine rings is 1. The summed E-state index contributed by atoms with van der Waals surface area (Å²) >= 11 is 0. The van der Waals surface area contributed by atoms with E-state index in [4.69, 9.17) is 0 Å². The van der Waals surface area contributed by atoms with Crippen LogP contribution in [0.1, 0.15) is 0 Å². The molecule has 3 atom stereocenters. The van der Waals surface area contributed by atoms with Gasteiger partial charge in [0.15, 0.2) is 0 Å². The maximum absolute atomic E-state index is 9.57. The first-order valence-electron chi connectivity index (χ1n) is 7.78. The largest absolute Gasteiger partial charge is 0.508 e. The summed E-state index contributed by atoms with van der Waals surface area (Å²) in [6.07, 6.45) is 0. The number of piperazine rings is 1. The second-order valence-corrected chi connectivity index (χ2v) is 6.46. The van der Waals surface area contributed by atoms with Crippen LogP contribution in [0.25, 0.3) is 0 Å². The van der Waals surface area contributed by atoms with Crippen LogP contribution in [0.15, 0.2) is 24.3 Å². The van der Waals surface area contributed by atoms with E-state index in [1.54, 1.807) is 6.07 Å². The van der Waals surface area contributed by atoms with Gasteiger partial charge in [-0.25, -0.2) is 0 Å². The molecule has 2 saturated heterocycles. The lowest BCUT2D eigenvalue weighted by molar-refractivity contribution is 0.237. The van der Waals surface area contributed by atoms with Crippen molar-refractivity contribution in [2.24, 2.45) is 17.8 Å². The molecule has 0 radical (unpaired) electrons. The van der Waals surface area contributed by atoms with E-state index in [-0.39, 0.29) is 0 Å². The van der Waals surface area contributed by atoms with E-state index in [2.05, 4.69) is 21.2 Å². The molecule has 1 aliphatic carbocycles. The smallest absolute Gasteiger partial charge is 0.117 e. The average molecular weight is 273 g/mol. The van der Waals surface area contributed by atoms with Gasteiger partial charge in [0.1, 0.15) is 5.75 Å². The van der Waals surface area contributed by atoms with Gasteiger partial charge in [-0.05, 0) is 43.0 Å². The quantitative estimate of drug-likeness (QED) is 0.861. The Bertz CT molecular complexity index is 474. The molecule has 1 saturated carbocycles. The zero-order valence-corrected chi connectivity index (χ0v) is 11.8. The number of rotatable bonds is 3. The third-order valence-electron chi connectivity index (χ3n) is 5.31. The third-order valence-corrected chi connectivity index (χ3v) is 5.31. The molecule has 0 amide bonds. The van der Waals surface area contributed by atoms with Gasteiger partial charge in [0.05, 0.1) is 0 Å². The molecule has 4 rings (SSSR count). The number of phenolic OH excluding ortho intramolecular Hbond substituents is 1. The first-order chi connectivity index (χ1) is 9.81. The molecule has 0 bridgehead atoms. The number of nitrogens with one attached hydrogen (secondary N) is 1. The number of hydrogen-bond donors (Lipinski definition) is 2. The lowest BCUT2D eigenvalue weighted by Gasteiger charge is -2.36. The molecule has 4 heteroatoms. The Balaban J connectivity index is 1.30. The second-order valence-electron chi connectivity index (χ2n) is 6.46. The van der Waals surface area contributed by atoms with Crippen LogP contribution >= 0.6 is 0 Å². The van der Waals surface area contributed by atoms with Crippen LogP contribution in [0.3, 0.4) is 0 Å². The van der Waals surface area contributed by atoms with Crippen LogP contribution < -0.4 is 10.2 Å². The second kappa shape index (κ2) is 4.93. The van der Waals surface area contributed by atoms with Crippen LogP contribution in [0.5, 0.6) is 5.75 Å². The molecule has 1 aromatic carbocycles. The Morgan fingerprint density at radius 3 is 2.55 bits per heavy atom. The maximum Gasteiger partial charge on any atom is 0.117 e. The summed E-state index contributed by atoms with van der Waals surface area (Å²) in [6.45, 7) is 8.24. The van der Waals surface area contributed by atoms with Crippen molar-refractivity contribution in [3.8, 4) is 5.75 Å². The number of anilines is 1. The summed E-state index contributed by atoms with van der Waals surface area (Å²) in [7, 11) is 0. The van der Waals surface area contributed by atoms with E-state index in [1.807, 2.05) is 12.1 Å². The summed E-state index contributed by atoms with van der Waals surface area (Å²) < 4.78 is 0. The molecule has 2 aliphatic heterocycles. The van der Waals surface area contributed by atoms with Crippen LogP contribution in [-0.4, -0.2) is 55.8 Å². The Morgan fingerprint density at radius 2 is 1.85 bits per heavy atom. The zero-order valence-electron chi connectivity index (χ0n) is 11.8. The van der Waals surface area contributed by atoms with Gasteiger partial charge in [-0.3, -0.25) is 4.90 Å². The standard InChI is InChI=1S/C16H23N3O/c20-13-3-1-2-12(8-13)19-6-4-18(5-7-19)11-16-14-9-17-10-15(14)16/h1-3,8,14-17,20H,4-7,9-11H2/t14-,15+,16?. The van der Waals surface area contributed by atoms with E-state index in [9.17, 15) is 5.11 Å². The fourth-order valence-electron chi connectivity index (χ4n) is 3.99. The van der Waals surface area contributed by atoms with Gasteiger partial charge >= 0.3 is 0 Å². The average Bonchev–Trinajstić information content (AvgIpc) is 2.90. The monoisotopic (exact) mass is 273 g/mol. The van der Waals surface area contributed by atoms with Gasteiger partial charge in [-0.2, -0.15) is 0 Å². The van der Waals surface area contributed by atoms with E-state index >= 15 is 0 Å². The van der Waals surface area contributed by atoms with Crippen molar-refractivity contribution in [2.45, 2.75) is 0 Å². The highest BCUT2D eigenvalue weighted by Crippen LogP contribution is 2.48. The summed E-state index contributed by atoms with van der Waals surface area (Å²) in [5.41, 5.74) is 1.15. The highest BCUT2D eigenvalue weighted by Gasteiger charge is 2.52. The number of fused-ring (bicyclic) bond motifs is 1. The van der Waals surface area contributed by atoms with E-state index in [0.29, 0.717) is 5.75 Å². The minimum atomic E-state index is 0.364. The normalized spacial score (nSPS) is 33.2. The molecular formula is C16H23N3O. The molecule has 3 aliphatic rings. The van der Waals surface area contributed by atoms with Crippen LogP contribution in [0.2, 0.25) is 0 Å². The number of benzene rings is 1. The minimum Gasteiger partial charge on any atom is -0.508 e. The molecule has 2 N–H and O–H groups in total. The summed E-state index contributed by atoms with van der Waals surface area (Å²) in [6, 6.07) is 7.62. The van der Waals surface area contributed by atoms with Gasteiger partial charge in [-0.15, -0.1) is 0 Å². The van der Waals surface area contributed by atoms with Gasteiger partial charge in [0, 0.05) is 44.5 Å². The van der Waals surface area contributed by atoms with Crippen molar-refractivity contribution >= 4 is 5.69 Å². The van der Waals surface area contributed by atoms with Gasteiger partial charge in [0.25, 0.3) is 0 Å². The lowest BCUT2D eigenvalue weighted by atomic mass is 10.2. The highest BCUT2D eigenvalue weighted by molar-refractivity contribution is 5.50. The molecule has 1 aromatic rings. The SMILES string of the molecule is Oc1cccc(N2CCN(CC3[C@H]4CNC[C@@H]34)CC2)c1. The molecule has 0 aromatic heterocycles. The Kier molecular flexibility index (Phi) is 3.08. The van der Waals surface area contributed by atoms with E-state index in [1.165, 1.54) is 19.6 Å². The topological polar surface area (TPSA) is 38.7 Å². The van der Waals surface area contributed by atoms with Crippen LogP contribution in [-0.2, 0) is 0 Å². The summed E-state index contributed by atoms with van der Waals surface area (Å²) in [5, 5.41) is 13.0. The van der Waals surface area contributed by atoms with Crippen LogP contribution in [0.4, 0.5) is 5.69 Å². The molecule has 108 valence electrons. The first-order valence-corrected chi connectivity index (χ1v) is 7.78. The molecule has 3 fully saturated rings. The fourth-order valence-corrected chi connectivity index (χ4v) is 3.99. The first kappa shape index (κ1) is 12.5. The number of hydrogen-bond acceptors (Lipinski definition) is 4. The lowest BCUT2D eigenvalue weighted by Crippen LogP contribution is -2.47. The van der Waals surface area contributed by atoms with Crippen LogP contribution in [0, 0.1) is 17.8 Å². The molecule has 1 unspecified atom stereocenters. The predicted molar refractivity (Wildman–Crippen MR) is 80.1 cm³/mol. The maximum atomic E-state index is 9.57. The molecule has 4 nitrogen and oxygen atoms in total. The highest BCUT2D eigenvalue weighted by atomic mass is 16.3. The van der Waals surface area contributed by atoms with Crippen molar-refractivity contribution in [2.75, 3.05) is 50.7 Å². The van der Waals surface area contributed by atoms with Gasteiger partial charge in [0.2, 0.25) is 0 Å². The number of aromatic hydroxyl groups is 1. The van der Waals surface area contributed by atoms with Crippen molar-refractivity contribution in [3.63, 3.8) is 0 Å². The molecule has 0 spiro atoms. The Morgan fingerprint density at radius 1 is 1.10 bits per heavy atom. The number of nitrogens with zero attached hydrogens (tertiary/aromatic N) is 2. The Hall–Kier alpha value is -1.26.